The molecule has 3 aromatic rings. The molecule has 26 heavy (non-hydrogen) atoms. The molecular formula is C18H14ClFN4O2. The molecule has 1 heterocycles. The SMILES string of the molecule is COc1ccc(Cl)cc1Nc1cnc(C(=O)Nc2ccccc2F)cn1. The second-order valence-electron chi connectivity index (χ2n) is 5.19. The molecule has 3 rings (SSSR count). The smallest absolute Gasteiger partial charge is 0.275 e. The van der Waals surface area contributed by atoms with Crippen molar-refractivity contribution in [3.63, 3.8) is 0 Å². The van der Waals surface area contributed by atoms with Gasteiger partial charge in [-0.05, 0) is 30.3 Å². The van der Waals surface area contributed by atoms with Crippen molar-refractivity contribution in [2.24, 2.45) is 0 Å². The standard InChI is InChI=1S/C18H14ClFN4O2/c1-26-16-7-6-11(19)8-14(16)23-17-10-21-15(9-22-17)18(25)24-13-5-3-2-4-12(13)20/h2-10H,1H3,(H,22,23)(H,24,25). The van der Waals surface area contributed by atoms with Gasteiger partial charge in [0.05, 0.1) is 30.9 Å². The van der Waals surface area contributed by atoms with Crippen LogP contribution in [0.1, 0.15) is 10.5 Å². The Balaban J connectivity index is 1.73. The zero-order chi connectivity index (χ0) is 18.5. The van der Waals surface area contributed by atoms with Gasteiger partial charge >= 0.3 is 0 Å². The van der Waals surface area contributed by atoms with Crippen LogP contribution in [-0.4, -0.2) is 23.0 Å². The summed E-state index contributed by atoms with van der Waals surface area (Å²) >= 11 is 5.98. The zero-order valence-electron chi connectivity index (χ0n) is 13.7. The molecule has 6 nitrogen and oxygen atoms in total. The molecule has 132 valence electrons. The summed E-state index contributed by atoms with van der Waals surface area (Å²) in [5.41, 5.74) is 0.736. The molecule has 0 aliphatic carbocycles. The normalized spacial score (nSPS) is 10.3. The first-order valence-corrected chi connectivity index (χ1v) is 7.93. The number of amides is 1. The van der Waals surface area contributed by atoms with Crippen molar-refractivity contribution in [1.82, 2.24) is 9.97 Å². The van der Waals surface area contributed by atoms with Crippen LogP contribution in [0, 0.1) is 5.82 Å². The first-order chi connectivity index (χ1) is 12.6. The van der Waals surface area contributed by atoms with Crippen LogP contribution in [0.3, 0.4) is 0 Å². The fraction of sp³-hybridized carbons (Fsp3) is 0.0556. The Kier molecular flexibility index (Phi) is 5.28. The third-order valence-electron chi connectivity index (χ3n) is 3.43. The lowest BCUT2D eigenvalue weighted by Crippen LogP contribution is -2.15. The number of hydrogen-bond donors (Lipinski definition) is 2. The van der Waals surface area contributed by atoms with E-state index < -0.39 is 11.7 Å². The molecule has 0 saturated carbocycles. The maximum atomic E-state index is 13.6. The summed E-state index contributed by atoms with van der Waals surface area (Å²) in [5.74, 6) is -0.111. The number of aromatic nitrogens is 2. The minimum atomic E-state index is -0.561. The lowest BCUT2D eigenvalue weighted by molar-refractivity contribution is 0.102. The number of nitrogens with one attached hydrogen (secondary N) is 2. The van der Waals surface area contributed by atoms with Gasteiger partial charge in [-0.25, -0.2) is 14.4 Å². The topological polar surface area (TPSA) is 76.1 Å². The van der Waals surface area contributed by atoms with Gasteiger partial charge in [0.15, 0.2) is 0 Å². The van der Waals surface area contributed by atoms with Crippen molar-refractivity contribution >= 4 is 34.7 Å². The molecule has 0 aliphatic heterocycles. The van der Waals surface area contributed by atoms with Crippen LogP contribution in [-0.2, 0) is 0 Å². The average Bonchev–Trinajstić information content (AvgIpc) is 2.64. The number of halogens is 2. The Morgan fingerprint density at radius 1 is 1.12 bits per heavy atom. The number of carbonyl (C=O) groups is 1. The summed E-state index contributed by atoms with van der Waals surface area (Å²) in [7, 11) is 1.54. The summed E-state index contributed by atoms with van der Waals surface area (Å²) in [6, 6.07) is 11.0. The Bertz CT molecular complexity index is 935. The number of carbonyl (C=O) groups excluding carboxylic acids is 1. The van der Waals surface area contributed by atoms with Crippen molar-refractivity contribution in [3.05, 3.63) is 71.4 Å². The molecule has 0 bridgehead atoms. The zero-order valence-corrected chi connectivity index (χ0v) is 14.4. The number of rotatable bonds is 5. The number of benzene rings is 2. The number of hydrogen-bond acceptors (Lipinski definition) is 5. The highest BCUT2D eigenvalue weighted by atomic mass is 35.5. The third kappa shape index (κ3) is 4.07. The molecule has 0 fully saturated rings. The van der Waals surface area contributed by atoms with Gasteiger partial charge in [-0.2, -0.15) is 0 Å². The van der Waals surface area contributed by atoms with Crippen molar-refractivity contribution < 1.29 is 13.9 Å². The second kappa shape index (κ2) is 7.79. The molecule has 2 aromatic carbocycles. The number of ether oxygens (including phenoxy) is 1. The van der Waals surface area contributed by atoms with Gasteiger partial charge in [0.25, 0.3) is 5.91 Å². The van der Waals surface area contributed by atoms with E-state index in [-0.39, 0.29) is 11.4 Å². The summed E-state index contributed by atoms with van der Waals surface area (Å²) < 4.78 is 18.8. The molecule has 0 spiro atoms. The van der Waals surface area contributed by atoms with E-state index in [1.807, 2.05) is 0 Å². The maximum Gasteiger partial charge on any atom is 0.275 e. The lowest BCUT2D eigenvalue weighted by atomic mass is 10.3. The molecule has 0 radical (unpaired) electrons. The predicted molar refractivity (Wildman–Crippen MR) is 97.7 cm³/mol. The van der Waals surface area contributed by atoms with Crippen LogP contribution in [0.5, 0.6) is 5.75 Å². The van der Waals surface area contributed by atoms with Crippen molar-refractivity contribution in [2.45, 2.75) is 0 Å². The summed E-state index contributed by atoms with van der Waals surface area (Å²) in [6.07, 6.45) is 2.67. The van der Waals surface area contributed by atoms with Crippen molar-refractivity contribution in [2.75, 3.05) is 17.7 Å². The number of methoxy groups -OCH3 is 1. The fourth-order valence-corrected chi connectivity index (χ4v) is 2.35. The largest absolute Gasteiger partial charge is 0.495 e. The van der Waals surface area contributed by atoms with E-state index >= 15 is 0 Å². The number of anilines is 3. The van der Waals surface area contributed by atoms with Gasteiger partial charge in [0.2, 0.25) is 0 Å². The van der Waals surface area contributed by atoms with Gasteiger partial charge in [-0.1, -0.05) is 23.7 Å². The minimum absolute atomic E-state index is 0.0527. The average molecular weight is 373 g/mol. The van der Waals surface area contributed by atoms with Crippen LogP contribution in [0.25, 0.3) is 0 Å². The first kappa shape index (κ1) is 17.6. The first-order valence-electron chi connectivity index (χ1n) is 7.55. The van der Waals surface area contributed by atoms with Gasteiger partial charge < -0.3 is 15.4 Å². The van der Waals surface area contributed by atoms with Gasteiger partial charge in [-0.15, -0.1) is 0 Å². The van der Waals surface area contributed by atoms with Crippen LogP contribution >= 0.6 is 11.6 Å². The molecule has 0 unspecified atom stereocenters. The van der Waals surface area contributed by atoms with E-state index in [4.69, 9.17) is 16.3 Å². The predicted octanol–water partition coefficient (Wildman–Crippen LogP) is 4.27. The molecule has 2 N–H and O–H groups in total. The van der Waals surface area contributed by atoms with E-state index in [0.29, 0.717) is 22.3 Å². The van der Waals surface area contributed by atoms with Crippen LogP contribution in [0.15, 0.2) is 54.9 Å². The summed E-state index contributed by atoms with van der Waals surface area (Å²) in [6.45, 7) is 0. The number of para-hydroxylation sites is 1. The molecule has 0 saturated heterocycles. The lowest BCUT2D eigenvalue weighted by Gasteiger charge is -2.11. The van der Waals surface area contributed by atoms with E-state index in [0.717, 1.165) is 0 Å². The van der Waals surface area contributed by atoms with Crippen molar-refractivity contribution in [3.8, 4) is 5.75 Å². The second-order valence-corrected chi connectivity index (χ2v) is 5.63. The van der Waals surface area contributed by atoms with Crippen LogP contribution in [0.4, 0.5) is 21.6 Å². The van der Waals surface area contributed by atoms with Crippen LogP contribution < -0.4 is 15.4 Å². The van der Waals surface area contributed by atoms with Gasteiger partial charge in [0.1, 0.15) is 23.1 Å². The minimum Gasteiger partial charge on any atom is -0.495 e. The highest BCUT2D eigenvalue weighted by Crippen LogP contribution is 2.29. The highest BCUT2D eigenvalue weighted by Gasteiger charge is 2.11. The van der Waals surface area contributed by atoms with Gasteiger partial charge in [0, 0.05) is 5.02 Å². The molecule has 8 heteroatoms. The Labute approximate surface area is 154 Å². The van der Waals surface area contributed by atoms with Gasteiger partial charge in [-0.3, -0.25) is 4.79 Å². The van der Waals surface area contributed by atoms with E-state index in [1.165, 1.54) is 37.7 Å². The maximum absolute atomic E-state index is 13.6. The third-order valence-corrected chi connectivity index (χ3v) is 3.67. The molecule has 1 amide bonds. The molecule has 1 aromatic heterocycles. The Morgan fingerprint density at radius 2 is 1.92 bits per heavy atom. The van der Waals surface area contributed by atoms with E-state index in [1.54, 1.807) is 24.3 Å². The van der Waals surface area contributed by atoms with E-state index in [2.05, 4.69) is 20.6 Å². The summed E-state index contributed by atoms with van der Waals surface area (Å²) in [5, 5.41) is 5.99. The summed E-state index contributed by atoms with van der Waals surface area (Å²) in [4.78, 5) is 20.3. The molecule has 0 aliphatic rings. The molecule has 0 atom stereocenters. The molecular weight excluding hydrogens is 359 g/mol. The highest BCUT2D eigenvalue weighted by molar-refractivity contribution is 6.31. The quantitative estimate of drug-likeness (QED) is 0.699. The van der Waals surface area contributed by atoms with Crippen molar-refractivity contribution in [1.29, 1.82) is 0 Å². The van der Waals surface area contributed by atoms with E-state index in [9.17, 15) is 9.18 Å². The van der Waals surface area contributed by atoms with Crippen LogP contribution in [0.2, 0.25) is 5.02 Å². The number of nitrogens with zero attached hydrogens (tertiary/aromatic N) is 2. The fourth-order valence-electron chi connectivity index (χ4n) is 2.17. The monoisotopic (exact) mass is 372 g/mol. The Morgan fingerprint density at radius 3 is 2.62 bits per heavy atom. The Hall–Kier alpha value is -3.19.